The second kappa shape index (κ2) is 6.73. The molecule has 6 heteroatoms. The van der Waals surface area contributed by atoms with Crippen molar-refractivity contribution in [1.29, 1.82) is 0 Å². The zero-order chi connectivity index (χ0) is 11.8. The molecule has 0 radical (unpaired) electrons. The molecule has 1 rings (SSSR count). The van der Waals surface area contributed by atoms with Crippen LogP contribution in [0.15, 0.2) is 34.3 Å². The lowest BCUT2D eigenvalue weighted by Crippen LogP contribution is -2.24. The molecule has 1 aromatic carbocycles. The SMILES string of the molecule is COc1cccc(SC/C=N/NC(N)=O)c1. The monoisotopic (exact) mass is 239 g/mol. The van der Waals surface area contributed by atoms with Crippen LogP contribution < -0.4 is 15.9 Å². The van der Waals surface area contributed by atoms with Gasteiger partial charge in [0.25, 0.3) is 0 Å². The number of benzene rings is 1. The Kier molecular flexibility index (Phi) is 5.21. The maximum absolute atomic E-state index is 10.3. The van der Waals surface area contributed by atoms with Gasteiger partial charge in [-0.2, -0.15) is 5.10 Å². The number of nitrogens with zero attached hydrogens (tertiary/aromatic N) is 1. The molecular weight excluding hydrogens is 226 g/mol. The van der Waals surface area contributed by atoms with Gasteiger partial charge < -0.3 is 10.5 Å². The first-order chi connectivity index (χ1) is 7.72. The summed E-state index contributed by atoms with van der Waals surface area (Å²) in [4.78, 5) is 11.4. The molecule has 0 aliphatic rings. The molecule has 2 amide bonds. The lowest BCUT2D eigenvalue weighted by Gasteiger charge is -2.01. The first kappa shape index (κ1) is 12.4. The Morgan fingerprint density at radius 1 is 1.69 bits per heavy atom. The second-order valence-corrected chi connectivity index (χ2v) is 3.87. The smallest absolute Gasteiger partial charge is 0.332 e. The molecule has 0 fully saturated rings. The van der Waals surface area contributed by atoms with Crippen LogP contribution in [-0.2, 0) is 0 Å². The van der Waals surface area contributed by atoms with Crippen LogP contribution in [0.25, 0.3) is 0 Å². The minimum absolute atomic E-state index is 0.646. The van der Waals surface area contributed by atoms with E-state index in [1.54, 1.807) is 25.1 Å². The number of nitrogens with one attached hydrogen (secondary N) is 1. The highest BCUT2D eigenvalue weighted by atomic mass is 32.2. The lowest BCUT2D eigenvalue weighted by atomic mass is 10.3. The summed E-state index contributed by atoms with van der Waals surface area (Å²) in [6.45, 7) is 0. The molecule has 3 N–H and O–H groups in total. The number of hydrogen-bond acceptors (Lipinski definition) is 4. The number of carbonyl (C=O) groups excluding carboxylic acids is 1. The van der Waals surface area contributed by atoms with Gasteiger partial charge in [0.1, 0.15) is 5.75 Å². The van der Waals surface area contributed by atoms with Gasteiger partial charge >= 0.3 is 6.03 Å². The first-order valence-electron chi connectivity index (χ1n) is 4.56. The number of ether oxygens (including phenoxy) is 1. The summed E-state index contributed by atoms with van der Waals surface area (Å²) in [5.41, 5.74) is 6.96. The van der Waals surface area contributed by atoms with Gasteiger partial charge in [0, 0.05) is 16.9 Å². The minimum atomic E-state index is -0.664. The van der Waals surface area contributed by atoms with Gasteiger partial charge in [-0.05, 0) is 18.2 Å². The van der Waals surface area contributed by atoms with E-state index in [2.05, 4.69) is 10.5 Å². The molecule has 0 aliphatic heterocycles. The van der Waals surface area contributed by atoms with Crippen molar-refractivity contribution >= 4 is 24.0 Å². The fourth-order valence-electron chi connectivity index (χ4n) is 0.971. The Morgan fingerprint density at radius 2 is 2.50 bits per heavy atom. The third-order valence-corrected chi connectivity index (χ3v) is 2.53. The molecule has 0 aliphatic carbocycles. The van der Waals surface area contributed by atoms with E-state index in [4.69, 9.17) is 10.5 Å². The maximum Gasteiger partial charge on any atom is 0.332 e. The zero-order valence-corrected chi connectivity index (χ0v) is 9.66. The van der Waals surface area contributed by atoms with Crippen molar-refractivity contribution in [3.8, 4) is 5.75 Å². The Hall–Kier alpha value is -1.69. The van der Waals surface area contributed by atoms with E-state index in [1.807, 2.05) is 24.3 Å². The topological polar surface area (TPSA) is 76.7 Å². The Balaban J connectivity index is 2.36. The van der Waals surface area contributed by atoms with E-state index in [0.717, 1.165) is 10.6 Å². The fourth-order valence-corrected chi connectivity index (χ4v) is 1.69. The van der Waals surface area contributed by atoms with Gasteiger partial charge in [-0.15, -0.1) is 11.8 Å². The van der Waals surface area contributed by atoms with Gasteiger partial charge in [0.05, 0.1) is 7.11 Å². The summed E-state index contributed by atoms with van der Waals surface area (Å²) in [7, 11) is 1.63. The molecule has 86 valence electrons. The van der Waals surface area contributed by atoms with E-state index in [1.165, 1.54) is 0 Å². The highest BCUT2D eigenvalue weighted by molar-refractivity contribution is 7.99. The van der Waals surface area contributed by atoms with E-state index in [-0.39, 0.29) is 0 Å². The van der Waals surface area contributed by atoms with Crippen LogP contribution in [0, 0.1) is 0 Å². The van der Waals surface area contributed by atoms with Crippen LogP contribution in [0.2, 0.25) is 0 Å². The van der Waals surface area contributed by atoms with Crippen LogP contribution >= 0.6 is 11.8 Å². The van der Waals surface area contributed by atoms with E-state index < -0.39 is 6.03 Å². The van der Waals surface area contributed by atoms with Crippen molar-refractivity contribution in [3.63, 3.8) is 0 Å². The molecular formula is C10H13N3O2S. The number of hydrogen-bond donors (Lipinski definition) is 2. The van der Waals surface area contributed by atoms with E-state index in [9.17, 15) is 4.79 Å². The zero-order valence-electron chi connectivity index (χ0n) is 8.84. The average Bonchev–Trinajstić information content (AvgIpc) is 2.28. The summed E-state index contributed by atoms with van der Waals surface area (Å²) in [6, 6.07) is 7.04. The second-order valence-electron chi connectivity index (χ2n) is 2.78. The van der Waals surface area contributed by atoms with Crippen molar-refractivity contribution in [2.75, 3.05) is 12.9 Å². The molecule has 0 unspecified atom stereocenters. The predicted molar refractivity (Wildman–Crippen MR) is 64.9 cm³/mol. The summed E-state index contributed by atoms with van der Waals surface area (Å²) >= 11 is 1.58. The number of thioether (sulfide) groups is 1. The molecule has 0 saturated heterocycles. The molecule has 0 spiro atoms. The van der Waals surface area contributed by atoms with Crippen LogP contribution in [0.5, 0.6) is 5.75 Å². The molecule has 16 heavy (non-hydrogen) atoms. The highest BCUT2D eigenvalue weighted by Gasteiger charge is 1.95. The Labute approximate surface area is 98.0 Å². The molecule has 0 bridgehead atoms. The number of hydrazone groups is 1. The van der Waals surface area contributed by atoms with E-state index in [0.29, 0.717) is 5.75 Å². The van der Waals surface area contributed by atoms with Crippen molar-refractivity contribution in [2.24, 2.45) is 10.8 Å². The van der Waals surface area contributed by atoms with Gasteiger partial charge in [0.15, 0.2) is 0 Å². The quantitative estimate of drug-likeness (QED) is 0.463. The number of nitrogens with two attached hydrogens (primary N) is 1. The Morgan fingerprint density at radius 3 is 3.19 bits per heavy atom. The van der Waals surface area contributed by atoms with Crippen molar-refractivity contribution < 1.29 is 9.53 Å². The summed E-state index contributed by atoms with van der Waals surface area (Å²) < 4.78 is 5.09. The molecule has 0 aromatic heterocycles. The van der Waals surface area contributed by atoms with Gasteiger partial charge in [-0.25, -0.2) is 10.2 Å². The number of carbonyl (C=O) groups is 1. The number of methoxy groups -OCH3 is 1. The van der Waals surface area contributed by atoms with Crippen molar-refractivity contribution in [3.05, 3.63) is 24.3 Å². The molecule has 0 saturated carbocycles. The summed E-state index contributed by atoms with van der Waals surface area (Å²) in [5.74, 6) is 1.46. The third-order valence-electron chi connectivity index (χ3n) is 1.63. The normalized spacial score (nSPS) is 10.3. The largest absolute Gasteiger partial charge is 0.497 e. The highest BCUT2D eigenvalue weighted by Crippen LogP contribution is 2.21. The van der Waals surface area contributed by atoms with E-state index >= 15 is 0 Å². The van der Waals surface area contributed by atoms with Crippen molar-refractivity contribution in [2.45, 2.75) is 4.90 Å². The number of rotatable bonds is 5. The fraction of sp³-hybridized carbons (Fsp3) is 0.200. The molecule has 1 aromatic rings. The molecule has 0 atom stereocenters. The lowest BCUT2D eigenvalue weighted by molar-refractivity contribution is 0.249. The number of amides is 2. The standard InChI is InChI=1S/C10H13N3O2S/c1-15-8-3-2-4-9(7-8)16-6-5-12-13-10(11)14/h2-5,7H,6H2,1H3,(H3,11,13,14)/b12-5+. The van der Waals surface area contributed by atoms with Crippen LogP contribution in [0.3, 0.4) is 0 Å². The van der Waals surface area contributed by atoms with Gasteiger partial charge in [-0.3, -0.25) is 0 Å². The van der Waals surface area contributed by atoms with Crippen LogP contribution in [0.4, 0.5) is 4.79 Å². The predicted octanol–water partition coefficient (Wildman–Crippen LogP) is 1.44. The minimum Gasteiger partial charge on any atom is -0.497 e. The average molecular weight is 239 g/mol. The molecule has 0 heterocycles. The summed E-state index contributed by atoms with van der Waals surface area (Å²) in [6.07, 6.45) is 1.58. The first-order valence-corrected chi connectivity index (χ1v) is 5.54. The maximum atomic E-state index is 10.3. The van der Waals surface area contributed by atoms with Crippen LogP contribution in [0.1, 0.15) is 0 Å². The number of urea groups is 1. The van der Waals surface area contributed by atoms with Crippen LogP contribution in [-0.4, -0.2) is 25.1 Å². The number of primary amides is 1. The Bertz CT molecular complexity index is 382. The molecule has 5 nitrogen and oxygen atoms in total. The van der Waals surface area contributed by atoms with Gasteiger partial charge in [-0.1, -0.05) is 6.07 Å². The van der Waals surface area contributed by atoms with Gasteiger partial charge in [0.2, 0.25) is 0 Å². The third kappa shape index (κ3) is 4.70. The summed E-state index contributed by atoms with van der Waals surface area (Å²) in [5, 5.41) is 3.63. The van der Waals surface area contributed by atoms with Crippen molar-refractivity contribution in [1.82, 2.24) is 5.43 Å².